The molecule has 3 aromatic carbocycles. The average Bonchev–Trinajstić information content (AvgIpc) is 2.76. The van der Waals surface area contributed by atoms with Crippen molar-refractivity contribution in [2.45, 2.75) is 25.7 Å². The van der Waals surface area contributed by atoms with Gasteiger partial charge in [0, 0.05) is 23.4 Å². The zero-order valence-corrected chi connectivity index (χ0v) is 16.1. The van der Waals surface area contributed by atoms with Crippen molar-refractivity contribution in [3.8, 4) is 5.75 Å². The summed E-state index contributed by atoms with van der Waals surface area (Å²) in [5, 5.41) is 2.21. The Kier molecular flexibility index (Phi) is 4.79. The molecule has 28 heavy (non-hydrogen) atoms. The van der Waals surface area contributed by atoms with E-state index >= 15 is 0 Å². The third-order valence-corrected chi connectivity index (χ3v) is 5.64. The summed E-state index contributed by atoms with van der Waals surface area (Å²) >= 11 is 0. The number of fused-ring (bicyclic) bond motifs is 4. The summed E-state index contributed by atoms with van der Waals surface area (Å²) in [5.74, 6) is 0.909. The summed E-state index contributed by atoms with van der Waals surface area (Å²) < 4.78 is 6.24. The van der Waals surface area contributed by atoms with Gasteiger partial charge in [0.2, 0.25) is 0 Å². The van der Waals surface area contributed by atoms with E-state index in [1.807, 2.05) is 24.3 Å². The van der Waals surface area contributed by atoms with Crippen LogP contribution in [0.1, 0.15) is 25.7 Å². The third-order valence-electron chi connectivity index (χ3n) is 5.64. The topological polar surface area (TPSA) is 38.2 Å². The molecule has 0 unspecified atom stereocenters. The van der Waals surface area contributed by atoms with Crippen LogP contribution in [-0.2, 0) is 0 Å². The van der Waals surface area contributed by atoms with Gasteiger partial charge in [-0.2, -0.15) is 0 Å². The van der Waals surface area contributed by atoms with Gasteiger partial charge < -0.3 is 9.64 Å². The van der Waals surface area contributed by atoms with Crippen LogP contribution in [-0.4, -0.2) is 41.1 Å². The number of para-hydroxylation sites is 2. The molecule has 4 aromatic rings. The van der Waals surface area contributed by atoms with Crippen LogP contribution in [0.2, 0.25) is 0 Å². The maximum absolute atomic E-state index is 6.24. The van der Waals surface area contributed by atoms with E-state index in [1.165, 1.54) is 32.4 Å². The van der Waals surface area contributed by atoms with Crippen molar-refractivity contribution in [1.82, 2.24) is 14.9 Å². The number of rotatable bonds is 5. The monoisotopic (exact) mass is 371 g/mol. The first-order valence-corrected chi connectivity index (χ1v) is 10.3. The lowest BCUT2D eigenvalue weighted by Crippen LogP contribution is -2.31. The fraction of sp³-hybridized carbons (Fsp3) is 0.333. The van der Waals surface area contributed by atoms with Crippen LogP contribution in [0, 0.1) is 0 Å². The van der Waals surface area contributed by atoms with E-state index in [0.29, 0.717) is 0 Å². The number of ether oxygens (including phenoxy) is 1. The van der Waals surface area contributed by atoms with Crippen LogP contribution < -0.4 is 4.74 Å². The highest BCUT2D eigenvalue weighted by atomic mass is 16.5. The molecule has 2 heterocycles. The fourth-order valence-electron chi connectivity index (χ4n) is 4.19. The lowest BCUT2D eigenvalue weighted by Gasteiger charge is -2.26. The molecule has 1 fully saturated rings. The molecule has 1 aromatic heterocycles. The molecular formula is C24H25N3O. The highest BCUT2D eigenvalue weighted by Gasteiger charge is 2.12. The number of aromatic nitrogens is 2. The molecule has 5 rings (SSSR count). The van der Waals surface area contributed by atoms with Crippen molar-refractivity contribution < 1.29 is 4.74 Å². The Hall–Kier alpha value is -2.72. The Morgan fingerprint density at radius 3 is 2.32 bits per heavy atom. The predicted molar refractivity (Wildman–Crippen MR) is 115 cm³/mol. The smallest absolute Gasteiger partial charge is 0.129 e. The second-order valence-electron chi connectivity index (χ2n) is 7.60. The van der Waals surface area contributed by atoms with Crippen molar-refractivity contribution in [3.63, 3.8) is 0 Å². The largest absolute Gasteiger partial charge is 0.493 e. The molecule has 0 aliphatic carbocycles. The molecule has 0 N–H and O–H groups in total. The van der Waals surface area contributed by atoms with E-state index in [-0.39, 0.29) is 0 Å². The van der Waals surface area contributed by atoms with Crippen LogP contribution in [0.3, 0.4) is 0 Å². The van der Waals surface area contributed by atoms with Crippen LogP contribution in [0.25, 0.3) is 32.8 Å². The fourth-order valence-corrected chi connectivity index (χ4v) is 4.19. The number of piperidine rings is 1. The summed E-state index contributed by atoms with van der Waals surface area (Å²) in [6, 6.07) is 18.4. The minimum atomic E-state index is 0.729. The molecule has 4 heteroatoms. The first-order valence-electron chi connectivity index (χ1n) is 10.3. The van der Waals surface area contributed by atoms with E-state index in [1.54, 1.807) is 0 Å². The SMILES string of the molecule is c1ccc2nc3c(cc(OCCCN4CCCCC4)c4ccccc43)nc2c1. The Bertz CT molecular complexity index is 1120. The summed E-state index contributed by atoms with van der Waals surface area (Å²) in [6.07, 6.45) is 5.10. The minimum Gasteiger partial charge on any atom is -0.493 e. The first kappa shape index (κ1) is 17.4. The Balaban J connectivity index is 1.44. The molecule has 4 nitrogen and oxygen atoms in total. The second kappa shape index (κ2) is 7.72. The molecule has 1 aliphatic heterocycles. The Labute approximate surface area is 165 Å². The van der Waals surface area contributed by atoms with Gasteiger partial charge in [-0.05, 0) is 44.5 Å². The van der Waals surface area contributed by atoms with Crippen molar-refractivity contribution >= 4 is 32.8 Å². The van der Waals surface area contributed by atoms with Crippen molar-refractivity contribution in [3.05, 3.63) is 54.6 Å². The Morgan fingerprint density at radius 2 is 1.50 bits per heavy atom. The van der Waals surface area contributed by atoms with E-state index in [0.717, 1.165) is 58.2 Å². The maximum atomic E-state index is 6.24. The van der Waals surface area contributed by atoms with Gasteiger partial charge in [0.25, 0.3) is 0 Å². The van der Waals surface area contributed by atoms with Crippen molar-refractivity contribution in [2.24, 2.45) is 0 Å². The lowest BCUT2D eigenvalue weighted by atomic mass is 10.1. The number of hydrogen-bond donors (Lipinski definition) is 0. The van der Waals surface area contributed by atoms with E-state index in [2.05, 4.69) is 35.2 Å². The van der Waals surface area contributed by atoms with Crippen molar-refractivity contribution in [2.75, 3.05) is 26.2 Å². The van der Waals surface area contributed by atoms with Crippen LogP contribution in [0.5, 0.6) is 5.75 Å². The molecular weight excluding hydrogens is 346 g/mol. The second-order valence-corrected chi connectivity index (χ2v) is 7.60. The number of nitrogens with zero attached hydrogens (tertiary/aromatic N) is 3. The van der Waals surface area contributed by atoms with Gasteiger partial charge in [-0.3, -0.25) is 0 Å². The van der Waals surface area contributed by atoms with Crippen molar-refractivity contribution in [1.29, 1.82) is 0 Å². The predicted octanol–water partition coefficient (Wildman–Crippen LogP) is 5.19. The first-order chi connectivity index (χ1) is 13.9. The number of hydrogen-bond acceptors (Lipinski definition) is 4. The van der Waals surface area contributed by atoms with Crippen LogP contribution in [0.4, 0.5) is 0 Å². The van der Waals surface area contributed by atoms with Gasteiger partial charge in [-0.1, -0.05) is 42.8 Å². The lowest BCUT2D eigenvalue weighted by molar-refractivity contribution is 0.205. The summed E-state index contributed by atoms with van der Waals surface area (Å²) in [4.78, 5) is 12.3. The van der Waals surface area contributed by atoms with Gasteiger partial charge >= 0.3 is 0 Å². The van der Waals surface area contributed by atoms with Gasteiger partial charge in [-0.15, -0.1) is 0 Å². The van der Waals surface area contributed by atoms with E-state index in [4.69, 9.17) is 14.7 Å². The van der Waals surface area contributed by atoms with Gasteiger partial charge in [0.05, 0.1) is 28.7 Å². The van der Waals surface area contributed by atoms with Gasteiger partial charge in [-0.25, -0.2) is 9.97 Å². The van der Waals surface area contributed by atoms with E-state index < -0.39 is 0 Å². The summed E-state index contributed by atoms with van der Waals surface area (Å²) in [6.45, 7) is 4.33. The standard InChI is InChI=1S/C24H25N3O/c1-6-13-27(14-7-1)15-8-16-28-23-17-22-24(19-10-3-2-9-18(19)23)26-21-12-5-4-11-20(21)25-22/h2-5,9-12,17H,1,6-8,13-16H2. The zero-order chi connectivity index (χ0) is 18.8. The maximum Gasteiger partial charge on any atom is 0.129 e. The van der Waals surface area contributed by atoms with Crippen LogP contribution >= 0.6 is 0 Å². The highest BCUT2D eigenvalue weighted by Crippen LogP contribution is 2.32. The summed E-state index contributed by atoms with van der Waals surface area (Å²) in [7, 11) is 0. The molecule has 0 atom stereocenters. The quantitative estimate of drug-likeness (QED) is 0.275. The molecule has 0 saturated carbocycles. The highest BCUT2D eigenvalue weighted by molar-refractivity contribution is 6.08. The minimum absolute atomic E-state index is 0.729. The average molecular weight is 371 g/mol. The molecule has 0 amide bonds. The van der Waals surface area contributed by atoms with Gasteiger partial charge in [0.1, 0.15) is 5.75 Å². The molecule has 1 aliphatic rings. The zero-order valence-electron chi connectivity index (χ0n) is 16.1. The molecule has 0 radical (unpaired) electrons. The Morgan fingerprint density at radius 1 is 0.786 bits per heavy atom. The molecule has 142 valence electrons. The normalized spacial score (nSPS) is 15.4. The number of likely N-dealkylation sites (tertiary alicyclic amines) is 1. The number of benzene rings is 3. The molecule has 0 spiro atoms. The van der Waals surface area contributed by atoms with Gasteiger partial charge in [0.15, 0.2) is 0 Å². The third kappa shape index (κ3) is 3.40. The summed E-state index contributed by atoms with van der Waals surface area (Å²) in [5.41, 5.74) is 3.68. The molecule has 0 bridgehead atoms. The van der Waals surface area contributed by atoms with E-state index in [9.17, 15) is 0 Å². The van der Waals surface area contributed by atoms with Crippen LogP contribution in [0.15, 0.2) is 54.6 Å². The molecule has 1 saturated heterocycles.